The minimum atomic E-state index is -1.09. The second kappa shape index (κ2) is 6.47. The van der Waals surface area contributed by atoms with Gasteiger partial charge in [0.2, 0.25) is 5.91 Å². The molecule has 0 atom stereocenters. The Morgan fingerprint density at radius 1 is 1.47 bits per heavy atom. The SMILES string of the molecule is CCN(C)C(=O)CNC(=O)c1cn(CC(=O)O)nn1. The zero-order chi connectivity index (χ0) is 14.4. The third kappa shape index (κ3) is 4.37. The third-order valence-corrected chi connectivity index (χ3v) is 2.37. The van der Waals surface area contributed by atoms with Gasteiger partial charge in [0.05, 0.1) is 12.7 Å². The summed E-state index contributed by atoms with van der Waals surface area (Å²) in [5.41, 5.74) is -0.0341. The number of aromatic nitrogens is 3. The molecule has 0 spiro atoms. The van der Waals surface area contributed by atoms with E-state index in [0.717, 1.165) is 4.68 Å². The van der Waals surface area contributed by atoms with E-state index in [4.69, 9.17) is 5.11 Å². The summed E-state index contributed by atoms with van der Waals surface area (Å²) in [6.07, 6.45) is 1.21. The average Bonchev–Trinajstić information content (AvgIpc) is 2.82. The second-order valence-electron chi connectivity index (χ2n) is 3.79. The van der Waals surface area contributed by atoms with Gasteiger partial charge in [0, 0.05) is 13.6 Å². The van der Waals surface area contributed by atoms with E-state index in [-0.39, 0.29) is 24.7 Å². The van der Waals surface area contributed by atoms with Crippen molar-refractivity contribution in [3.05, 3.63) is 11.9 Å². The molecule has 0 radical (unpaired) electrons. The quantitative estimate of drug-likeness (QED) is 0.654. The van der Waals surface area contributed by atoms with Gasteiger partial charge in [-0.25, -0.2) is 4.68 Å². The first kappa shape index (κ1) is 14.6. The Balaban J connectivity index is 2.52. The van der Waals surface area contributed by atoms with Gasteiger partial charge in [-0.3, -0.25) is 14.4 Å². The van der Waals surface area contributed by atoms with Crippen LogP contribution in [0, 0.1) is 0 Å². The second-order valence-corrected chi connectivity index (χ2v) is 3.79. The van der Waals surface area contributed by atoms with E-state index in [9.17, 15) is 14.4 Å². The molecular weight excluding hydrogens is 254 g/mol. The lowest BCUT2D eigenvalue weighted by atomic mass is 10.4. The number of amides is 2. The number of carboxylic acids is 1. The van der Waals surface area contributed by atoms with Crippen LogP contribution in [0.2, 0.25) is 0 Å². The number of likely N-dealkylation sites (N-methyl/N-ethyl adjacent to an activating group) is 1. The zero-order valence-electron chi connectivity index (χ0n) is 10.7. The smallest absolute Gasteiger partial charge is 0.325 e. The van der Waals surface area contributed by atoms with Gasteiger partial charge in [0.1, 0.15) is 6.54 Å². The molecule has 2 N–H and O–H groups in total. The molecule has 1 aromatic heterocycles. The Labute approximate surface area is 109 Å². The molecule has 19 heavy (non-hydrogen) atoms. The molecule has 1 heterocycles. The maximum absolute atomic E-state index is 11.6. The van der Waals surface area contributed by atoms with Crippen LogP contribution < -0.4 is 5.32 Å². The normalized spacial score (nSPS) is 10.0. The zero-order valence-corrected chi connectivity index (χ0v) is 10.7. The predicted molar refractivity (Wildman–Crippen MR) is 63.3 cm³/mol. The van der Waals surface area contributed by atoms with Gasteiger partial charge in [0.15, 0.2) is 5.69 Å². The first-order valence-corrected chi connectivity index (χ1v) is 5.58. The van der Waals surface area contributed by atoms with Crippen molar-refractivity contribution in [1.82, 2.24) is 25.2 Å². The van der Waals surface area contributed by atoms with Gasteiger partial charge in [-0.15, -0.1) is 5.10 Å². The molecule has 0 aromatic carbocycles. The number of carboxylic acid groups (broad SMARTS) is 1. The number of hydrogen-bond acceptors (Lipinski definition) is 5. The number of aliphatic carboxylic acids is 1. The molecule has 0 fully saturated rings. The van der Waals surface area contributed by atoms with Crippen LogP contribution in [-0.2, 0) is 16.1 Å². The van der Waals surface area contributed by atoms with Crippen LogP contribution in [0.25, 0.3) is 0 Å². The molecule has 9 nitrogen and oxygen atoms in total. The summed E-state index contributed by atoms with van der Waals surface area (Å²) < 4.78 is 1.03. The highest BCUT2D eigenvalue weighted by atomic mass is 16.4. The van der Waals surface area contributed by atoms with E-state index in [2.05, 4.69) is 15.6 Å². The number of hydrogen-bond donors (Lipinski definition) is 2. The van der Waals surface area contributed by atoms with E-state index < -0.39 is 11.9 Å². The lowest BCUT2D eigenvalue weighted by molar-refractivity contribution is -0.138. The molecule has 0 bridgehead atoms. The van der Waals surface area contributed by atoms with Gasteiger partial charge >= 0.3 is 5.97 Å². The predicted octanol–water partition coefficient (Wildman–Crippen LogP) is -1.43. The standard InChI is InChI=1S/C10H15N5O4/c1-3-14(2)8(16)4-11-10(19)7-5-15(13-12-7)6-9(17)18/h5H,3-4,6H2,1-2H3,(H,11,19)(H,17,18). The van der Waals surface area contributed by atoms with Crippen molar-refractivity contribution in [3.8, 4) is 0 Å². The Kier molecular flexibility index (Phi) is 4.98. The van der Waals surface area contributed by atoms with Gasteiger partial charge in [-0.2, -0.15) is 0 Å². The summed E-state index contributed by atoms with van der Waals surface area (Å²) in [6, 6.07) is 0. The highest BCUT2D eigenvalue weighted by molar-refractivity contribution is 5.94. The summed E-state index contributed by atoms with van der Waals surface area (Å²) in [4.78, 5) is 35.0. The highest BCUT2D eigenvalue weighted by Gasteiger charge is 2.14. The number of rotatable bonds is 6. The fourth-order valence-corrected chi connectivity index (χ4v) is 1.18. The Morgan fingerprint density at radius 3 is 2.74 bits per heavy atom. The van der Waals surface area contributed by atoms with E-state index in [1.165, 1.54) is 11.1 Å². The van der Waals surface area contributed by atoms with Crippen molar-refractivity contribution in [3.63, 3.8) is 0 Å². The lowest BCUT2D eigenvalue weighted by Gasteiger charge is -2.14. The molecular formula is C10H15N5O4. The molecule has 9 heteroatoms. The number of nitrogens with one attached hydrogen (secondary N) is 1. The summed E-state index contributed by atoms with van der Waals surface area (Å²) in [7, 11) is 1.62. The molecule has 0 unspecified atom stereocenters. The fourth-order valence-electron chi connectivity index (χ4n) is 1.18. The number of carbonyl (C=O) groups excluding carboxylic acids is 2. The lowest BCUT2D eigenvalue weighted by Crippen LogP contribution is -2.38. The van der Waals surface area contributed by atoms with E-state index >= 15 is 0 Å². The Hall–Kier alpha value is -2.45. The minimum absolute atomic E-state index is 0.0341. The summed E-state index contributed by atoms with van der Waals surface area (Å²) in [6.45, 7) is 1.84. The van der Waals surface area contributed by atoms with Crippen molar-refractivity contribution in [2.24, 2.45) is 0 Å². The van der Waals surface area contributed by atoms with Crippen molar-refractivity contribution in [2.45, 2.75) is 13.5 Å². The van der Waals surface area contributed by atoms with Crippen LogP contribution in [0.1, 0.15) is 17.4 Å². The van der Waals surface area contributed by atoms with Crippen LogP contribution in [-0.4, -0.2) is 62.9 Å². The van der Waals surface area contributed by atoms with Crippen LogP contribution in [0.3, 0.4) is 0 Å². The molecule has 1 aromatic rings. The molecule has 0 saturated carbocycles. The molecule has 2 amide bonds. The monoisotopic (exact) mass is 269 g/mol. The third-order valence-electron chi connectivity index (χ3n) is 2.37. The fraction of sp³-hybridized carbons (Fsp3) is 0.500. The summed E-state index contributed by atoms with van der Waals surface area (Å²) >= 11 is 0. The summed E-state index contributed by atoms with van der Waals surface area (Å²) in [5, 5.41) is 17.9. The van der Waals surface area contributed by atoms with E-state index in [0.29, 0.717) is 6.54 Å². The molecule has 0 aliphatic carbocycles. The Morgan fingerprint density at radius 2 is 2.16 bits per heavy atom. The molecule has 0 saturated heterocycles. The Bertz CT molecular complexity index is 484. The number of carbonyl (C=O) groups is 3. The van der Waals surface area contributed by atoms with Crippen molar-refractivity contribution in [2.75, 3.05) is 20.1 Å². The summed E-state index contributed by atoms with van der Waals surface area (Å²) in [5.74, 6) is -1.89. The maximum Gasteiger partial charge on any atom is 0.325 e. The van der Waals surface area contributed by atoms with Gasteiger partial charge in [0.25, 0.3) is 5.91 Å². The first-order chi connectivity index (χ1) is 8.93. The average molecular weight is 269 g/mol. The van der Waals surface area contributed by atoms with Crippen LogP contribution in [0.5, 0.6) is 0 Å². The minimum Gasteiger partial charge on any atom is -0.480 e. The van der Waals surface area contributed by atoms with E-state index in [1.54, 1.807) is 7.05 Å². The molecule has 1 rings (SSSR count). The molecule has 0 aliphatic rings. The first-order valence-electron chi connectivity index (χ1n) is 5.58. The maximum atomic E-state index is 11.6. The highest BCUT2D eigenvalue weighted by Crippen LogP contribution is 1.93. The number of nitrogens with zero attached hydrogens (tertiary/aromatic N) is 4. The molecule has 0 aliphatic heterocycles. The van der Waals surface area contributed by atoms with Gasteiger partial charge in [-0.05, 0) is 6.92 Å². The van der Waals surface area contributed by atoms with Crippen molar-refractivity contribution in [1.29, 1.82) is 0 Å². The van der Waals surface area contributed by atoms with E-state index in [1.807, 2.05) is 6.92 Å². The van der Waals surface area contributed by atoms with Crippen molar-refractivity contribution >= 4 is 17.8 Å². The van der Waals surface area contributed by atoms with Gasteiger partial charge < -0.3 is 15.3 Å². The van der Waals surface area contributed by atoms with Crippen molar-refractivity contribution < 1.29 is 19.5 Å². The van der Waals surface area contributed by atoms with Crippen LogP contribution in [0.15, 0.2) is 6.20 Å². The largest absolute Gasteiger partial charge is 0.480 e. The van der Waals surface area contributed by atoms with Crippen LogP contribution in [0.4, 0.5) is 0 Å². The van der Waals surface area contributed by atoms with Gasteiger partial charge in [-0.1, -0.05) is 5.21 Å². The molecule has 104 valence electrons. The topological polar surface area (TPSA) is 117 Å². The van der Waals surface area contributed by atoms with Crippen LogP contribution >= 0.6 is 0 Å².